The lowest BCUT2D eigenvalue weighted by atomic mass is 9.75. The van der Waals surface area contributed by atoms with Crippen molar-refractivity contribution in [3.8, 4) is 11.5 Å². The van der Waals surface area contributed by atoms with Crippen molar-refractivity contribution < 1.29 is 13.9 Å². The summed E-state index contributed by atoms with van der Waals surface area (Å²) < 4.78 is 11.4. The van der Waals surface area contributed by atoms with Gasteiger partial charge in [-0.2, -0.15) is 0 Å². The smallest absolute Gasteiger partial charge is 0.292 e. The Kier molecular flexibility index (Phi) is 3.45. The van der Waals surface area contributed by atoms with E-state index in [1.807, 2.05) is 42.2 Å². The lowest BCUT2D eigenvalue weighted by Crippen LogP contribution is -2.62. The van der Waals surface area contributed by atoms with Gasteiger partial charge in [0.05, 0.1) is 24.4 Å². The average molecular weight is 312 g/mol. The Morgan fingerprint density at radius 3 is 2.74 bits per heavy atom. The zero-order chi connectivity index (χ0) is 15.9. The van der Waals surface area contributed by atoms with Gasteiger partial charge in [-0.25, -0.2) is 4.98 Å². The molecule has 0 bridgehead atoms. The summed E-state index contributed by atoms with van der Waals surface area (Å²) in [5, 5.41) is 0. The van der Waals surface area contributed by atoms with E-state index in [4.69, 9.17) is 9.15 Å². The van der Waals surface area contributed by atoms with Gasteiger partial charge < -0.3 is 14.1 Å². The van der Waals surface area contributed by atoms with Gasteiger partial charge in [-0.1, -0.05) is 18.2 Å². The van der Waals surface area contributed by atoms with E-state index in [2.05, 4.69) is 4.98 Å². The normalized spacial score (nSPS) is 19.6. The minimum Gasteiger partial charge on any atom is -0.431 e. The van der Waals surface area contributed by atoms with Crippen LogP contribution in [0.4, 0.5) is 0 Å². The van der Waals surface area contributed by atoms with Crippen molar-refractivity contribution in [2.24, 2.45) is 0 Å². The molecule has 1 aliphatic heterocycles. The van der Waals surface area contributed by atoms with Gasteiger partial charge in [0.1, 0.15) is 0 Å². The van der Waals surface area contributed by atoms with Crippen LogP contribution in [0.3, 0.4) is 0 Å². The van der Waals surface area contributed by atoms with Crippen molar-refractivity contribution in [3.05, 3.63) is 41.8 Å². The monoisotopic (exact) mass is 312 g/mol. The summed E-state index contributed by atoms with van der Waals surface area (Å²) in [6.07, 6.45) is 3.17. The molecule has 0 unspecified atom stereocenters. The highest BCUT2D eigenvalue weighted by molar-refractivity contribution is 5.93. The van der Waals surface area contributed by atoms with Crippen LogP contribution < -0.4 is 0 Å². The predicted molar refractivity (Wildman–Crippen MR) is 85.1 cm³/mol. The Morgan fingerprint density at radius 1 is 1.26 bits per heavy atom. The highest BCUT2D eigenvalue weighted by Gasteiger charge is 2.48. The van der Waals surface area contributed by atoms with Crippen molar-refractivity contribution >= 4 is 5.91 Å². The van der Waals surface area contributed by atoms with Crippen LogP contribution in [0.15, 0.2) is 34.7 Å². The van der Waals surface area contributed by atoms with E-state index in [1.54, 1.807) is 0 Å². The molecule has 1 aromatic carbocycles. The third kappa shape index (κ3) is 2.36. The van der Waals surface area contributed by atoms with E-state index in [0.29, 0.717) is 37.1 Å². The van der Waals surface area contributed by atoms with E-state index < -0.39 is 0 Å². The van der Waals surface area contributed by atoms with E-state index in [-0.39, 0.29) is 11.4 Å². The third-order valence-corrected chi connectivity index (χ3v) is 4.94. The lowest BCUT2D eigenvalue weighted by Gasteiger charge is -2.52. The Labute approximate surface area is 135 Å². The van der Waals surface area contributed by atoms with Crippen LogP contribution in [0.25, 0.3) is 11.5 Å². The van der Waals surface area contributed by atoms with Crippen LogP contribution >= 0.6 is 0 Å². The van der Waals surface area contributed by atoms with Crippen LogP contribution in [0.2, 0.25) is 0 Å². The number of oxazole rings is 1. The van der Waals surface area contributed by atoms with Crippen molar-refractivity contribution in [1.82, 2.24) is 9.88 Å². The molecule has 2 aliphatic rings. The number of aryl methyl sites for hydroxylation is 1. The maximum absolute atomic E-state index is 13.0. The summed E-state index contributed by atoms with van der Waals surface area (Å²) in [5.41, 5.74) is 1.41. The average Bonchev–Trinajstić information content (AvgIpc) is 2.95. The van der Waals surface area contributed by atoms with Crippen molar-refractivity contribution in [1.29, 1.82) is 0 Å². The number of nitrogens with zero attached hydrogens (tertiary/aromatic N) is 2. The molecule has 1 aliphatic carbocycles. The minimum atomic E-state index is -0.124. The van der Waals surface area contributed by atoms with Crippen LogP contribution in [0.5, 0.6) is 0 Å². The SMILES string of the molecule is Cc1nc(-c2ccccc2)oc1C(=O)N1CCOCC12CCC2. The van der Waals surface area contributed by atoms with Gasteiger partial charge in [0.25, 0.3) is 5.91 Å². The fourth-order valence-electron chi connectivity index (χ4n) is 3.47. The molecule has 0 N–H and O–H groups in total. The molecule has 2 heterocycles. The highest BCUT2D eigenvalue weighted by atomic mass is 16.5. The topological polar surface area (TPSA) is 55.6 Å². The standard InChI is InChI=1S/C18H20N2O3/c1-13-15(23-16(19-13)14-6-3-2-4-7-14)17(21)20-10-11-22-12-18(20)8-5-9-18/h2-4,6-7H,5,8-12H2,1H3. The Morgan fingerprint density at radius 2 is 2.04 bits per heavy atom. The molecular weight excluding hydrogens is 292 g/mol. The zero-order valence-corrected chi connectivity index (χ0v) is 13.2. The molecule has 1 saturated carbocycles. The number of morpholine rings is 1. The molecule has 23 heavy (non-hydrogen) atoms. The second-order valence-electron chi connectivity index (χ2n) is 6.39. The number of hydrogen-bond acceptors (Lipinski definition) is 4. The Hall–Kier alpha value is -2.14. The molecule has 5 nitrogen and oxygen atoms in total. The first-order valence-corrected chi connectivity index (χ1v) is 8.12. The summed E-state index contributed by atoms with van der Waals surface area (Å²) >= 11 is 0. The van der Waals surface area contributed by atoms with E-state index in [1.165, 1.54) is 0 Å². The maximum Gasteiger partial charge on any atom is 0.292 e. The van der Waals surface area contributed by atoms with Crippen LogP contribution in [-0.4, -0.2) is 41.1 Å². The summed E-state index contributed by atoms with van der Waals surface area (Å²) in [7, 11) is 0. The highest BCUT2D eigenvalue weighted by Crippen LogP contribution is 2.40. The molecule has 1 saturated heterocycles. The van der Waals surface area contributed by atoms with Gasteiger partial charge in [0, 0.05) is 12.1 Å². The fraction of sp³-hybridized carbons (Fsp3) is 0.444. The van der Waals surface area contributed by atoms with E-state index >= 15 is 0 Å². The van der Waals surface area contributed by atoms with Gasteiger partial charge in [0.2, 0.25) is 11.7 Å². The maximum atomic E-state index is 13.0. The number of ether oxygens (including phenoxy) is 1. The van der Waals surface area contributed by atoms with Crippen molar-refractivity contribution in [2.45, 2.75) is 31.7 Å². The summed E-state index contributed by atoms with van der Waals surface area (Å²) in [6.45, 7) is 3.68. The van der Waals surface area contributed by atoms with Gasteiger partial charge in [-0.3, -0.25) is 4.79 Å². The molecule has 2 fully saturated rings. The number of rotatable bonds is 2. The molecule has 2 aromatic rings. The molecule has 120 valence electrons. The summed E-state index contributed by atoms with van der Waals surface area (Å²) in [5.74, 6) is 0.805. The number of amides is 1. The van der Waals surface area contributed by atoms with Crippen molar-refractivity contribution in [2.75, 3.05) is 19.8 Å². The molecule has 1 spiro atoms. The van der Waals surface area contributed by atoms with Crippen molar-refractivity contribution in [3.63, 3.8) is 0 Å². The molecule has 5 heteroatoms. The van der Waals surface area contributed by atoms with Crippen LogP contribution in [0, 0.1) is 6.92 Å². The summed E-state index contributed by atoms with van der Waals surface area (Å²) in [6, 6.07) is 9.67. The lowest BCUT2D eigenvalue weighted by molar-refractivity contribution is -0.0886. The molecule has 0 radical (unpaired) electrons. The Bertz CT molecular complexity index is 719. The number of benzene rings is 1. The number of aromatic nitrogens is 1. The van der Waals surface area contributed by atoms with Gasteiger partial charge in [-0.05, 0) is 38.3 Å². The second kappa shape index (κ2) is 5.49. The van der Waals surface area contributed by atoms with Gasteiger partial charge in [-0.15, -0.1) is 0 Å². The fourth-order valence-corrected chi connectivity index (χ4v) is 3.47. The number of hydrogen-bond donors (Lipinski definition) is 0. The number of carbonyl (C=O) groups excluding carboxylic acids is 1. The first-order chi connectivity index (χ1) is 11.2. The van der Waals surface area contributed by atoms with Crippen LogP contribution in [0.1, 0.15) is 35.5 Å². The quantitative estimate of drug-likeness (QED) is 0.855. The molecule has 1 amide bonds. The first-order valence-electron chi connectivity index (χ1n) is 8.12. The molecule has 4 rings (SSSR count). The number of carbonyl (C=O) groups is 1. The third-order valence-electron chi connectivity index (χ3n) is 4.94. The largest absolute Gasteiger partial charge is 0.431 e. The van der Waals surface area contributed by atoms with Crippen LogP contribution in [-0.2, 0) is 4.74 Å². The minimum absolute atomic E-state index is 0.0554. The first kappa shape index (κ1) is 14.5. The molecule has 0 atom stereocenters. The second-order valence-corrected chi connectivity index (χ2v) is 6.39. The van der Waals surface area contributed by atoms with Gasteiger partial charge in [0.15, 0.2) is 0 Å². The van der Waals surface area contributed by atoms with E-state index in [9.17, 15) is 4.79 Å². The Balaban J connectivity index is 1.65. The molecular formula is C18H20N2O3. The van der Waals surface area contributed by atoms with E-state index in [0.717, 1.165) is 24.8 Å². The summed E-state index contributed by atoms with van der Waals surface area (Å²) in [4.78, 5) is 19.4. The zero-order valence-electron chi connectivity index (χ0n) is 13.2. The molecule has 1 aromatic heterocycles. The van der Waals surface area contributed by atoms with Gasteiger partial charge >= 0.3 is 0 Å². The predicted octanol–water partition coefficient (Wildman–Crippen LogP) is 3.05.